The summed E-state index contributed by atoms with van der Waals surface area (Å²) in [5.41, 5.74) is 5.11. The highest BCUT2D eigenvalue weighted by molar-refractivity contribution is 7.98. The predicted octanol–water partition coefficient (Wildman–Crippen LogP) is 1.20. The van der Waals surface area contributed by atoms with Crippen molar-refractivity contribution in [2.24, 2.45) is 5.41 Å². The van der Waals surface area contributed by atoms with Crippen LogP contribution in [0.1, 0.15) is 20.8 Å². The molecule has 0 bridgehead atoms. The molecule has 0 aliphatic rings. The van der Waals surface area contributed by atoms with Gasteiger partial charge in [-0.1, -0.05) is 32.5 Å². The molecule has 0 spiro atoms. The number of hydrogen-bond donors (Lipinski definition) is 1. The maximum absolute atomic E-state index is 11.8. The van der Waals surface area contributed by atoms with Gasteiger partial charge in [-0.25, -0.2) is 4.68 Å². The summed E-state index contributed by atoms with van der Waals surface area (Å²) in [6.07, 6.45) is 1.88. The molecule has 5 nitrogen and oxygen atoms in total. The fourth-order valence-electron chi connectivity index (χ4n) is 0.972. The lowest BCUT2D eigenvalue weighted by atomic mass is 9.91. The highest BCUT2D eigenvalue weighted by Crippen LogP contribution is 2.18. The second-order valence-electron chi connectivity index (χ2n) is 4.29. The monoisotopic (exact) mass is 228 g/mol. The van der Waals surface area contributed by atoms with Gasteiger partial charge in [0.1, 0.15) is 6.54 Å². The number of rotatable bonds is 3. The van der Waals surface area contributed by atoms with E-state index < -0.39 is 0 Å². The third-order valence-corrected chi connectivity index (χ3v) is 2.63. The van der Waals surface area contributed by atoms with Crippen LogP contribution in [0.15, 0.2) is 5.16 Å². The molecular formula is C9H16N4OS. The number of anilines is 1. The zero-order valence-electron chi connectivity index (χ0n) is 9.44. The number of hydrogen-bond acceptors (Lipinski definition) is 5. The summed E-state index contributed by atoms with van der Waals surface area (Å²) in [7, 11) is 0. The number of carbonyl (C=O) groups excluding carboxylic acids is 1. The number of Topliss-reactive ketones (excluding diaryl/α,β-unsaturated/α-hetero) is 1. The standard InChI is InChI=1S/C9H16N4OS/c1-9(2,3)6(14)5-13-8(15-4)11-7(10)12-13/h5H2,1-4H3,(H2,10,12). The molecule has 1 rings (SSSR count). The molecule has 0 radical (unpaired) electrons. The van der Waals surface area contributed by atoms with Crippen LogP contribution in [0.2, 0.25) is 0 Å². The zero-order valence-corrected chi connectivity index (χ0v) is 10.3. The molecule has 0 fully saturated rings. The van der Waals surface area contributed by atoms with Gasteiger partial charge in [-0.15, -0.1) is 5.10 Å². The highest BCUT2D eigenvalue weighted by Gasteiger charge is 2.23. The van der Waals surface area contributed by atoms with Gasteiger partial charge < -0.3 is 5.73 Å². The lowest BCUT2D eigenvalue weighted by Crippen LogP contribution is -2.25. The van der Waals surface area contributed by atoms with Crippen molar-refractivity contribution in [3.05, 3.63) is 0 Å². The van der Waals surface area contributed by atoms with Crippen LogP contribution in [-0.4, -0.2) is 26.8 Å². The van der Waals surface area contributed by atoms with Crippen LogP contribution in [0.4, 0.5) is 5.95 Å². The van der Waals surface area contributed by atoms with E-state index in [0.29, 0.717) is 5.16 Å². The summed E-state index contributed by atoms with van der Waals surface area (Å²) >= 11 is 1.43. The second-order valence-corrected chi connectivity index (χ2v) is 5.06. The molecule has 0 atom stereocenters. The van der Waals surface area contributed by atoms with Crippen molar-refractivity contribution >= 4 is 23.5 Å². The van der Waals surface area contributed by atoms with Gasteiger partial charge in [-0.05, 0) is 6.26 Å². The Morgan fingerprint density at radius 2 is 2.13 bits per heavy atom. The summed E-state index contributed by atoms with van der Waals surface area (Å²) < 4.78 is 1.55. The van der Waals surface area contributed by atoms with Crippen molar-refractivity contribution in [1.29, 1.82) is 0 Å². The Labute approximate surface area is 93.4 Å². The minimum absolute atomic E-state index is 0.114. The van der Waals surface area contributed by atoms with E-state index in [9.17, 15) is 4.79 Å². The van der Waals surface area contributed by atoms with Crippen LogP contribution in [-0.2, 0) is 11.3 Å². The number of thioether (sulfide) groups is 1. The second kappa shape index (κ2) is 4.22. The highest BCUT2D eigenvalue weighted by atomic mass is 32.2. The molecule has 2 N–H and O–H groups in total. The molecule has 1 aromatic rings. The van der Waals surface area contributed by atoms with E-state index in [1.807, 2.05) is 27.0 Å². The largest absolute Gasteiger partial charge is 0.366 e. The first-order chi connectivity index (χ1) is 6.84. The maximum atomic E-state index is 11.8. The number of carbonyl (C=O) groups is 1. The molecule has 0 saturated carbocycles. The molecule has 0 amide bonds. The first kappa shape index (κ1) is 12.0. The topological polar surface area (TPSA) is 73.8 Å². The zero-order chi connectivity index (χ0) is 11.6. The molecule has 0 aliphatic heterocycles. The lowest BCUT2D eigenvalue weighted by Gasteiger charge is -2.16. The van der Waals surface area contributed by atoms with Gasteiger partial charge in [0.25, 0.3) is 0 Å². The van der Waals surface area contributed by atoms with E-state index in [1.54, 1.807) is 4.68 Å². The normalized spacial score (nSPS) is 11.7. The molecule has 0 saturated heterocycles. The molecule has 0 aliphatic carbocycles. The average Bonchev–Trinajstić information content (AvgIpc) is 2.44. The molecule has 0 unspecified atom stereocenters. The summed E-state index contributed by atoms with van der Waals surface area (Å²) in [6.45, 7) is 5.88. The van der Waals surface area contributed by atoms with Crippen molar-refractivity contribution in [3.8, 4) is 0 Å². The van der Waals surface area contributed by atoms with E-state index in [2.05, 4.69) is 10.1 Å². The molecule has 1 aromatic heterocycles. The predicted molar refractivity (Wildman–Crippen MR) is 60.7 cm³/mol. The van der Waals surface area contributed by atoms with Crippen LogP contribution in [0, 0.1) is 5.41 Å². The fourth-order valence-corrected chi connectivity index (χ4v) is 1.47. The number of aromatic nitrogens is 3. The maximum Gasteiger partial charge on any atom is 0.240 e. The molecular weight excluding hydrogens is 212 g/mol. The summed E-state index contributed by atoms with van der Waals surface area (Å²) in [4.78, 5) is 15.8. The third kappa shape index (κ3) is 2.95. The Morgan fingerprint density at radius 1 is 1.53 bits per heavy atom. The smallest absolute Gasteiger partial charge is 0.240 e. The van der Waals surface area contributed by atoms with Crippen LogP contribution in [0.3, 0.4) is 0 Å². The van der Waals surface area contributed by atoms with Crippen molar-refractivity contribution in [3.63, 3.8) is 0 Å². The van der Waals surface area contributed by atoms with Crippen LogP contribution in [0.25, 0.3) is 0 Å². The van der Waals surface area contributed by atoms with Gasteiger partial charge in [-0.2, -0.15) is 4.98 Å². The van der Waals surface area contributed by atoms with Gasteiger partial charge in [0.15, 0.2) is 10.9 Å². The number of nitrogens with zero attached hydrogens (tertiary/aromatic N) is 3. The van der Waals surface area contributed by atoms with E-state index in [1.165, 1.54) is 11.8 Å². The van der Waals surface area contributed by atoms with Gasteiger partial charge in [-0.3, -0.25) is 4.79 Å². The summed E-state index contributed by atoms with van der Waals surface area (Å²) in [6, 6.07) is 0. The van der Waals surface area contributed by atoms with Crippen molar-refractivity contribution in [2.75, 3.05) is 12.0 Å². The van der Waals surface area contributed by atoms with Crippen molar-refractivity contribution in [1.82, 2.24) is 14.8 Å². The molecule has 6 heteroatoms. The number of nitrogen functional groups attached to an aromatic ring is 1. The molecule has 1 heterocycles. The molecule has 84 valence electrons. The third-order valence-electron chi connectivity index (χ3n) is 1.97. The lowest BCUT2D eigenvalue weighted by molar-refractivity contribution is -0.127. The van der Waals surface area contributed by atoms with E-state index in [0.717, 1.165) is 0 Å². The first-order valence-corrected chi connectivity index (χ1v) is 5.84. The molecule has 15 heavy (non-hydrogen) atoms. The van der Waals surface area contributed by atoms with E-state index >= 15 is 0 Å². The minimum Gasteiger partial charge on any atom is -0.366 e. The summed E-state index contributed by atoms with van der Waals surface area (Å²) in [5, 5.41) is 4.65. The SMILES string of the molecule is CSc1nc(N)nn1CC(=O)C(C)(C)C. The number of ketones is 1. The van der Waals surface area contributed by atoms with Crippen molar-refractivity contribution in [2.45, 2.75) is 32.5 Å². The Hall–Kier alpha value is -1.04. The van der Waals surface area contributed by atoms with Gasteiger partial charge >= 0.3 is 0 Å². The van der Waals surface area contributed by atoms with Crippen LogP contribution >= 0.6 is 11.8 Å². The Kier molecular flexibility index (Phi) is 3.38. The van der Waals surface area contributed by atoms with E-state index in [4.69, 9.17) is 5.73 Å². The van der Waals surface area contributed by atoms with E-state index in [-0.39, 0.29) is 23.7 Å². The Bertz CT molecular complexity index is 367. The molecule has 0 aromatic carbocycles. The number of nitrogens with two attached hydrogens (primary N) is 1. The quantitative estimate of drug-likeness (QED) is 0.787. The summed E-state index contributed by atoms with van der Waals surface area (Å²) in [5.74, 6) is 0.323. The Balaban J connectivity index is 2.85. The fraction of sp³-hybridized carbons (Fsp3) is 0.667. The van der Waals surface area contributed by atoms with Gasteiger partial charge in [0.2, 0.25) is 5.95 Å². The van der Waals surface area contributed by atoms with Crippen molar-refractivity contribution < 1.29 is 4.79 Å². The minimum atomic E-state index is -0.365. The van der Waals surface area contributed by atoms with Crippen LogP contribution in [0.5, 0.6) is 0 Å². The average molecular weight is 228 g/mol. The van der Waals surface area contributed by atoms with Crippen LogP contribution < -0.4 is 5.73 Å². The van der Waals surface area contributed by atoms with Gasteiger partial charge in [0.05, 0.1) is 0 Å². The van der Waals surface area contributed by atoms with Gasteiger partial charge in [0, 0.05) is 5.41 Å². The Morgan fingerprint density at radius 3 is 2.60 bits per heavy atom. The first-order valence-electron chi connectivity index (χ1n) is 4.62.